The maximum absolute atomic E-state index is 10.1. The highest BCUT2D eigenvalue weighted by atomic mass is 15.0. The first-order chi connectivity index (χ1) is 20.7. The van der Waals surface area contributed by atoms with E-state index in [-0.39, 0.29) is 0 Å². The van der Waals surface area contributed by atoms with Crippen LogP contribution in [0.5, 0.6) is 0 Å². The zero-order valence-electron chi connectivity index (χ0n) is 22.5. The molecule has 8 aromatic rings. The van der Waals surface area contributed by atoms with Gasteiger partial charge in [-0.05, 0) is 59.7 Å². The van der Waals surface area contributed by atoms with Crippen molar-refractivity contribution in [3.05, 3.63) is 150 Å². The average Bonchev–Trinajstić information content (AvgIpc) is 3.57. The van der Waals surface area contributed by atoms with Gasteiger partial charge in [0.15, 0.2) is 5.69 Å². The van der Waals surface area contributed by atoms with Crippen LogP contribution in [0.4, 0.5) is 5.69 Å². The fourth-order valence-electron chi connectivity index (χ4n) is 6.35. The molecule has 0 amide bonds. The van der Waals surface area contributed by atoms with Crippen LogP contribution < -0.4 is 0 Å². The summed E-state index contributed by atoms with van der Waals surface area (Å²) in [6, 6.07) is 48.0. The molecule has 0 radical (unpaired) electrons. The summed E-state index contributed by atoms with van der Waals surface area (Å²) in [6.45, 7) is 7.64. The third-order valence-corrected chi connectivity index (χ3v) is 8.14. The van der Waals surface area contributed by atoms with Gasteiger partial charge >= 0.3 is 0 Å². The smallest absolute Gasteiger partial charge is 0.187 e. The van der Waals surface area contributed by atoms with E-state index in [1.165, 1.54) is 21.5 Å². The first-order valence-electron chi connectivity index (χ1n) is 13.8. The van der Waals surface area contributed by atoms with Crippen molar-refractivity contribution in [2.24, 2.45) is 0 Å². The average molecular weight is 535 g/mol. The number of aromatic nitrogens is 2. The number of rotatable bonds is 3. The van der Waals surface area contributed by atoms with Crippen molar-refractivity contribution < 1.29 is 0 Å². The van der Waals surface area contributed by atoms with Crippen molar-refractivity contribution in [3.8, 4) is 28.6 Å². The van der Waals surface area contributed by atoms with Crippen molar-refractivity contribution in [3.63, 3.8) is 0 Å². The maximum Gasteiger partial charge on any atom is 0.187 e. The molecule has 0 spiro atoms. The fraction of sp³-hybridized carbons (Fsp3) is 0. The molecule has 0 saturated carbocycles. The van der Waals surface area contributed by atoms with Gasteiger partial charge < -0.3 is 9.13 Å². The maximum atomic E-state index is 10.1. The SMILES string of the molecule is [C-]#[N+]c1ccc(C#N)c(-c2cc(-n3c4ccccc4c4ccccc43)cc(-n3c4ccccc4c4ccccc43)c2)c1. The largest absolute Gasteiger partial charge is 0.309 e. The summed E-state index contributed by atoms with van der Waals surface area (Å²) in [6.07, 6.45) is 0. The van der Waals surface area contributed by atoms with Crippen LogP contribution >= 0.6 is 0 Å². The van der Waals surface area contributed by atoms with Gasteiger partial charge in [0, 0.05) is 32.9 Å². The third kappa shape index (κ3) is 3.47. The first kappa shape index (κ1) is 23.8. The molecule has 2 heterocycles. The monoisotopic (exact) mass is 534 g/mol. The zero-order valence-corrected chi connectivity index (χ0v) is 22.5. The minimum Gasteiger partial charge on any atom is -0.309 e. The summed E-state index contributed by atoms with van der Waals surface area (Å²) >= 11 is 0. The topological polar surface area (TPSA) is 38.0 Å². The predicted octanol–water partition coefficient (Wildman–Crippen LogP) is 9.97. The Morgan fingerprint density at radius 1 is 0.524 bits per heavy atom. The number of benzene rings is 6. The number of fused-ring (bicyclic) bond motifs is 6. The van der Waals surface area contributed by atoms with E-state index < -0.39 is 0 Å². The molecule has 194 valence electrons. The Kier molecular flexibility index (Phi) is 5.22. The molecule has 2 aromatic heterocycles. The summed E-state index contributed by atoms with van der Waals surface area (Å²) in [5, 5.41) is 14.8. The van der Waals surface area contributed by atoms with E-state index in [1.54, 1.807) is 12.1 Å². The van der Waals surface area contributed by atoms with Crippen LogP contribution in [-0.2, 0) is 0 Å². The summed E-state index contributed by atoms with van der Waals surface area (Å²) in [4.78, 5) is 3.67. The van der Waals surface area contributed by atoms with Gasteiger partial charge in [0.1, 0.15) is 0 Å². The van der Waals surface area contributed by atoms with Crippen LogP contribution in [0.3, 0.4) is 0 Å². The quantitative estimate of drug-likeness (QED) is 0.208. The Morgan fingerprint density at radius 2 is 0.952 bits per heavy atom. The standard InChI is InChI=1S/C38H22N4/c1-40-27-19-18-25(24-39)34(22-27)26-20-28(41-35-14-6-2-10-30(35)31-11-3-7-15-36(31)41)23-29(21-26)42-37-16-8-4-12-32(37)33-13-5-9-17-38(33)42/h2-23H. The summed E-state index contributed by atoms with van der Waals surface area (Å²) in [7, 11) is 0. The Labute approximate surface area is 242 Å². The lowest BCUT2D eigenvalue weighted by molar-refractivity contribution is 1.13. The zero-order chi connectivity index (χ0) is 28.2. The van der Waals surface area contributed by atoms with Crippen LogP contribution in [-0.4, -0.2) is 9.13 Å². The van der Waals surface area contributed by atoms with Crippen LogP contribution in [0.25, 0.3) is 71.0 Å². The van der Waals surface area contributed by atoms with E-state index in [4.69, 9.17) is 6.57 Å². The van der Waals surface area contributed by atoms with Gasteiger partial charge in [-0.1, -0.05) is 84.9 Å². The molecule has 6 aromatic carbocycles. The summed E-state index contributed by atoms with van der Waals surface area (Å²) < 4.78 is 4.60. The van der Waals surface area contributed by atoms with Gasteiger partial charge in [-0.2, -0.15) is 5.26 Å². The molecule has 8 rings (SSSR count). The molecule has 0 saturated heterocycles. The first-order valence-corrected chi connectivity index (χ1v) is 13.8. The minimum atomic E-state index is 0.504. The van der Waals surface area contributed by atoms with Gasteiger partial charge in [0.2, 0.25) is 0 Å². The van der Waals surface area contributed by atoms with E-state index in [2.05, 4.69) is 135 Å². The second kappa shape index (κ2) is 9.24. The number of nitrogens with zero attached hydrogens (tertiary/aromatic N) is 4. The van der Waals surface area contributed by atoms with Crippen molar-refractivity contribution >= 4 is 49.3 Å². The lowest BCUT2D eigenvalue weighted by Crippen LogP contribution is -2.00. The molecule has 0 bridgehead atoms. The number of hydrogen-bond donors (Lipinski definition) is 0. The summed E-state index contributed by atoms with van der Waals surface area (Å²) in [5.41, 5.74) is 9.08. The predicted molar refractivity (Wildman–Crippen MR) is 172 cm³/mol. The molecule has 0 atom stereocenters. The van der Waals surface area contributed by atoms with Crippen molar-refractivity contribution in [1.82, 2.24) is 9.13 Å². The van der Waals surface area contributed by atoms with Gasteiger partial charge in [0.05, 0.1) is 40.3 Å². The van der Waals surface area contributed by atoms with Crippen LogP contribution in [0.2, 0.25) is 0 Å². The Morgan fingerprint density at radius 3 is 1.36 bits per heavy atom. The van der Waals surface area contributed by atoms with Crippen molar-refractivity contribution in [1.29, 1.82) is 5.26 Å². The molecular formula is C38H22N4. The lowest BCUT2D eigenvalue weighted by Gasteiger charge is -2.16. The molecule has 4 nitrogen and oxygen atoms in total. The van der Waals surface area contributed by atoms with Crippen LogP contribution in [0, 0.1) is 17.9 Å². The van der Waals surface area contributed by atoms with E-state index in [1.807, 2.05) is 6.07 Å². The molecule has 0 unspecified atom stereocenters. The molecule has 0 N–H and O–H groups in total. The van der Waals surface area contributed by atoms with Gasteiger partial charge in [0.25, 0.3) is 0 Å². The highest BCUT2D eigenvalue weighted by Crippen LogP contribution is 2.38. The van der Waals surface area contributed by atoms with Crippen molar-refractivity contribution in [2.45, 2.75) is 0 Å². The molecular weight excluding hydrogens is 512 g/mol. The highest BCUT2D eigenvalue weighted by molar-refractivity contribution is 6.10. The molecule has 0 aliphatic rings. The molecule has 0 aliphatic heterocycles. The number of para-hydroxylation sites is 4. The van der Waals surface area contributed by atoms with E-state index in [9.17, 15) is 5.26 Å². The highest BCUT2D eigenvalue weighted by Gasteiger charge is 2.18. The van der Waals surface area contributed by atoms with Gasteiger partial charge in [-0.25, -0.2) is 4.85 Å². The van der Waals surface area contributed by atoms with E-state index in [0.717, 1.165) is 44.6 Å². The third-order valence-electron chi connectivity index (χ3n) is 8.14. The normalized spacial score (nSPS) is 11.3. The fourth-order valence-corrected chi connectivity index (χ4v) is 6.35. The number of hydrogen-bond acceptors (Lipinski definition) is 1. The van der Waals surface area contributed by atoms with Crippen LogP contribution in [0.1, 0.15) is 5.56 Å². The Balaban J connectivity index is 1.53. The van der Waals surface area contributed by atoms with Crippen LogP contribution in [0.15, 0.2) is 133 Å². The second-order valence-electron chi connectivity index (χ2n) is 10.4. The summed E-state index contributed by atoms with van der Waals surface area (Å²) in [5.74, 6) is 0. The van der Waals surface area contributed by atoms with Gasteiger partial charge in [-0.3, -0.25) is 0 Å². The van der Waals surface area contributed by atoms with E-state index in [0.29, 0.717) is 11.3 Å². The molecule has 42 heavy (non-hydrogen) atoms. The Bertz CT molecular complexity index is 2200. The second-order valence-corrected chi connectivity index (χ2v) is 10.4. The Hall–Kier alpha value is -6.10. The van der Waals surface area contributed by atoms with E-state index >= 15 is 0 Å². The lowest BCUT2D eigenvalue weighted by atomic mass is 9.98. The number of nitriles is 1. The molecule has 4 heteroatoms. The van der Waals surface area contributed by atoms with Gasteiger partial charge in [-0.15, -0.1) is 0 Å². The molecule has 0 fully saturated rings. The molecule has 0 aliphatic carbocycles. The minimum absolute atomic E-state index is 0.504. The van der Waals surface area contributed by atoms with Crippen molar-refractivity contribution in [2.75, 3.05) is 0 Å².